The predicted octanol–water partition coefficient (Wildman–Crippen LogP) is 2.86. The number of nitrogens with two attached hydrogens (primary N) is 1. The topological polar surface area (TPSA) is 50.9 Å². The molecule has 0 saturated carbocycles. The Morgan fingerprint density at radius 3 is 2.95 bits per heavy atom. The average Bonchev–Trinajstić information content (AvgIpc) is 2.87. The Kier molecular flexibility index (Phi) is 5.34. The fraction of sp³-hybridized carbons (Fsp3) is 0.357. The van der Waals surface area contributed by atoms with Crippen molar-refractivity contribution in [3.8, 4) is 11.3 Å². The van der Waals surface area contributed by atoms with Gasteiger partial charge in [-0.05, 0) is 24.6 Å². The molecule has 2 rings (SSSR count). The maximum Gasteiger partial charge on any atom is 0.0945 e. The van der Waals surface area contributed by atoms with Gasteiger partial charge in [0.2, 0.25) is 0 Å². The Hall–Kier alpha value is -0.940. The third-order valence-corrected chi connectivity index (χ3v) is 4.17. The van der Waals surface area contributed by atoms with Crippen molar-refractivity contribution in [2.45, 2.75) is 13.3 Å². The predicted molar refractivity (Wildman–Crippen MR) is 82.9 cm³/mol. The van der Waals surface area contributed by atoms with Crippen molar-refractivity contribution in [3.05, 3.63) is 39.2 Å². The normalized spacial score (nSPS) is 10.9. The van der Waals surface area contributed by atoms with Crippen molar-refractivity contribution in [2.75, 3.05) is 19.6 Å². The molecule has 1 aromatic carbocycles. The first kappa shape index (κ1) is 14.5. The number of benzene rings is 1. The second-order valence-corrected chi connectivity index (χ2v) is 5.73. The molecule has 5 heteroatoms. The maximum absolute atomic E-state index is 6.04. The first-order valence-electron chi connectivity index (χ1n) is 6.32. The Bertz CT molecular complexity index is 539. The summed E-state index contributed by atoms with van der Waals surface area (Å²) in [6.45, 7) is 4.46. The van der Waals surface area contributed by atoms with Crippen LogP contribution < -0.4 is 11.1 Å². The van der Waals surface area contributed by atoms with Gasteiger partial charge in [0.25, 0.3) is 0 Å². The Morgan fingerprint density at radius 2 is 2.21 bits per heavy atom. The van der Waals surface area contributed by atoms with Gasteiger partial charge in [0.1, 0.15) is 0 Å². The Morgan fingerprint density at radius 1 is 1.37 bits per heavy atom. The van der Waals surface area contributed by atoms with Crippen LogP contribution in [-0.4, -0.2) is 24.6 Å². The molecular formula is C14H18ClN3S. The largest absolute Gasteiger partial charge is 0.329 e. The highest BCUT2D eigenvalue weighted by Gasteiger charge is 2.06. The number of rotatable bonds is 6. The second kappa shape index (κ2) is 7.01. The van der Waals surface area contributed by atoms with Crippen LogP contribution in [0.15, 0.2) is 23.6 Å². The smallest absolute Gasteiger partial charge is 0.0945 e. The molecule has 0 saturated heterocycles. The van der Waals surface area contributed by atoms with Crippen molar-refractivity contribution in [3.63, 3.8) is 0 Å². The highest BCUT2D eigenvalue weighted by atomic mass is 35.5. The van der Waals surface area contributed by atoms with Crippen LogP contribution in [0.4, 0.5) is 0 Å². The van der Waals surface area contributed by atoms with Gasteiger partial charge in [-0.3, -0.25) is 0 Å². The monoisotopic (exact) mass is 295 g/mol. The molecule has 3 nitrogen and oxygen atoms in total. The van der Waals surface area contributed by atoms with E-state index in [2.05, 4.69) is 21.7 Å². The lowest BCUT2D eigenvalue weighted by molar-refractivity contribution is 0.687. The summed E-state index contributed by atoms with van der Waals surface area (Å²) < 4.78 is 0. The fourth-order valence-corrected chi connectivity index (χ4v) is 2.71. The van der Waals surface area contributed by atoms with Crippen LogP contribution in [0.3, 0.4) is 0 Å². The minimum Gasteiger partial charge on any atom is -0.329 e. The van der Waals surface area contributed by atoms with E-state index in [4.69, 9.17) is 17.3 Å². The number of nitrogens with one attached hydrogen (secondary N) is 1. The molecule has 0 unspecified atom stereocenters. The van der Waals surface area contributed by atoms with E-state index in [-0.39, 0.29) is 0 Å². The molecule has 0 fully saturated rings. The number of nitrogens with zero attached hydrogens (tertiary/aromatic N) is 1. The highest BCUT2D eigenvalue weighted by Crippen LogP contribution is 2.26. The molecule has 0 atom stereocenters. The lowest BCUT2D eigenvalue weighted by atomic mass is 10.1. The van der Waals surface area contributed by atoms with E-state index in [9.17, 15) is 0 Å². The van der Waals surface area contributed by atoms with E-state index < -0.39 is 0 Å². The maximum atomic E-state index is 6.04. The van der Waals surface area contributed by atoms with Gasteiger partial charge in [0.05, 0.1) is 10.7 Å². The van der Waals surface area contributed by atoms with Gasteiger partial charge in [-0.2, -0.15) is 0 Å². The lowest BCUT2D eigenvalue weighted by Gasteiger charge is -2.01. The fourth-order valence-electron chi connectivity index (χ4n) is 1.78. The molecule has 1 aromatic heterocycles. The van der Waals surface area contributed by atoms with E-state index in [1.165, 1.54) is 0 Å². The minimum atomic E-state index is 0.674. The van der Waals surface area contributed by atoms with Gasteiger partial charge < -0.3 is 11.1 Å². The first-order valence-corrected chi connectivity index (χ1v) is 7.58. The van der Waals surface area contributed by atoms with E-state index in [1.807, 2.05) is 19.1 Å². The highest BCUT2D eigenvalue weighted by molar-refractivity contribution is 7.09. The number of aryl methyl sites for hydroxylation is 1. The lowest BCUT2D eigenvalue weighted by Crippen LogP contribution is -2.24. The summed E-state index contributed by atoms with van der Waals surface area (Å²) in [5.41, 5.74) is 8.66. The van der Waals surface area contributed by atoms with Crippen LogP contribution in [0, 0.1) is 6.92 Å². The van der Waals surface area contributed by atoms with Crippen LogP contribution in [0.1, 0.15) is 10.6 Å². The molecule has 3 N–H and O–H groups in total. The number of halogens is 1. The van der Waals surface area contributed by atoms with Crippen LogP contribution in [0.5, 0.6) is 0 Å². The summed E-state index contributed by atoms with van der Waals surface area (Å²) in [6, 6.07) is 6.02. The molecule has 0 spiro atoms. The molecule has 0 bridgehead atoms. The zero-order chi connectivity index (χ0) is 13.7. The van der Waals surface area contributed by atoms with E-state index >= 15 is 0 Å². The third-order valence-electron chi connectivity index (χ3n) is 2.84. The molecule has 0 aliphatic carbocycles. The zero-order valence-electron chi connectivity index (χ0n) is 10.9. The quantitative estimate of drug-likeness (QED) is 0.806. The van der Waals surface area contributed by atoms with E-state index in [1.54, 1.807) is 11.3 Å². The molecule has 102 valence electrons. The zero-order valence-corrected chi connectivity index (χ0v) is 12.5. The molecule has 19 heavy (non-hydrogen) atoms. The number of thiazole rings is 1. The molecule has 0 radical (unpaired) electrons. The summed E-state index contributed by atoms with van der Waals surface area (Å²) in [6.07, 6.45) is 0.942. The van der Waals surface area contributed by atoms with Crippen LogP contribution in [0.25, 0.3) is 11.3 Å². The third kappa shape index (κ3) is 4.01. The summed E-state index contributed by atoms with van der Waals surface area (Å²) in [7, 11) is 0. The van der Waals surface area contributed by atoms with Crippen molar-refractivity contribution in [1.29, 1.82) is 0 Å². The summed E-state index contributed by atoms with van der Waals surface area (Å²) in [5.74, 6) is 0. The molecule has 1 heterocycles. The van der Waals surface area contributed by atoms with Gasteiger partial charge in [-0.15, -0.1) is 11.3 Å². The van der Waals surface area contributed by atoms with Crippen LogP contribution in [0.2, 0.25) is 5.02 Å². The standard InChI is InChI=1S/C14H18ClN3S/c1-10-8-11(2-3-12(10)15)13-9-19-14(18-13)4-6-17-7-5-16/h2-3,8-9,17H,4-7,16H2,1H3. The van der Waals surface area contributed by atoms with Gasteiger partial charge >= 0.3 is 0 Å². The summed E-state index contributed by atoms with van der Waals surface area (Å²) >= 11 is 7.73. The summed E-state index contributed by atoms with van der Waals surface area (Å²) in [5, 5.41) is 7.31. The minimum absolute atomic E-state index is 0.674. The first-order chi connectivity index (χ1) is 9.20. The van der Waals surface area contributed by atoms with E-state index in [0.717, 1.165) is 46.4 Å². The van der Waals surface area contributed by atoms with E-state index in [0.29, 0.717) is 6.54 Å². The second-order valence-electron chi connectivity index (χ2n) is 4.38. The van der Waals surface area contributed by atoms with Gasteiger partial charge in [0, 0.05) is 42.0 Å². The molecular weight excluding hydrogens is 278 g/mol. The Balaban J connectivity index is 2.01. The van der Waals surface area contributed by atoms with Crippen molar-refractivity contribution >= 4 is 22.9 Å². The van der Waals surface area contributed by atoms with Gasteiger partial charge in [-0.25, -0.2) is 4.98 Å². The Labute approximate surface area is 122 Å². The van der Waals surface area contributed by atoms with Gasteiger partial charge in [-0.1, -0.05) is 17.7 Å². The average molecular weight is 296 g/mol. The van der Waals surface area contributed by atoms with Crippen molar-refractivity contribution in [1.82, 2.24) is 10.3 Å². The summed E-state index contributed by atoms with van der Waals surface area (Å²) in [4.78, 5) is 4.65. The van der Waals surface area contributed by atoms with Crippen molar-refractivity contribution < 1.29 is 0 Å². The number of hydrogen-bond donors (Lipinski definition) is 2. The van der Waals surface area contributed by atoms with Crippen LogP contribution >= 0.6 is 22.9 Å². The molecule has 0 aliphatic rings. The van der Waals surface area contributed by atoms with Gasteiger partial charge in [0.15, 0.2) is 0 Å². The molecule has 0 aliphatic heterocycles. The van der Waals surface area contributed by atoms with Crippen molar-refractivity contribution in [2.24, 2.45) is 5.73 Å². The number of hydrogen-bond acceptors (Lipinski definition) is 4. The SMILES string of the molecule is Cc1cc(-c2csc(CCNCCN)n2)ccc1Cl. The van der Waals surface area contributed by atoms with Crippen LogP contribution in [-0.2, 0) is 6.42 Å². The molecule has 0 amide bonds. The number of aromatic nitrogens is 1. The molecule has 2 aromatic rings.